The molecule has 0 fully saturated rings. The van der Waals surface area contributed by atoms with Gasteiger partial charge in [0.1, 0.15) is 17.6 Å². The summed E-state index contributed by atoms with van der Waals surface area (Å²) in [5, 5.41) is 17.0. The van der Waals surface area contributed by atoms with E-state index in [1.807, 2.05) is 0 Å². The summed E-state index contributed by atoms with van der Waals surface area (Å²) < 4.78 is 6.78. The number of likely N-dealkylation sites (N-methyl/N-ethyl adjacent to an activating group) is 1. The van der Waals surface area contributed by atoms with Gasteiger partial charge in [-0.2, -0.15) is 0 Å². The highest BCUT2D eigenvalue weighted by atomic mass is 16.5. The van der Waals surface area contributed by atoms with Gasteiger partial charge >= 0.3 is 12.2 Å². The van der Waals surface area contributed by atoms with Gasteiger partial charge in [-0.1, -0.05) is 18.2 Å². The number of alkyl carbamates (subject to hydrolysis) is 1. The number of nitrogens with zero attached hydrogens (tertiary/aromatic N) is 3. The van der Waals surface area contributed by atoms with Crippen molar-refractivity contribution in [3.05, 3.63) is 70.9 Å². The SMILES string of the molecule is CNC(=O)/C=C/CCC(NC(=O)OC)C(=O)Nc1cccn(Cc2nc3ccccc3n2C(=O)O)c1=O. The minimum absolute atomic E-state index is 0.0805. The lowest BCUT2D eigenvalue weighted by molar-refractivity contribution is -0.118. The number of ether oxygens (including phenoxy) is 1. The third-order valence-electron chi connectivity index (χ3n) is 5.34. The lowest BCUT2D eigenvalue weighted by Crippen LogP contribution is -2.44. The first-order chi connectivity index (χ1) is 17.7. The summed E-state index contributed by atoms with van der Waals surface area (Å²) in [6, 6.07) is 8.51. The maximum atomic E-state index is 13.1. The van der Waals surface area contributed by atoms with E-state index in [4.69, 9.17) is 0 Å². The molecule has 1 aromatic carbocycles. The Morgan fingerprint density at radius 1 is 1.16 bits per heavy atom. The molecule has 0 aliphatic heterocycles. The molecule has 194 valence electrons. The van der Waals surface area contributed by atoms with Crippen molar-refractivity contribution in [3.8, 4) is 0 Å². The zero-order chi connectivity index (χ0) is 26.9. The predicted molar refractivity (Wildman–Crippen MR) is 133 cm³/mol. The number of hydrogen-bond acceptors (Lipinski definition) is 7. The molecule has 13 heteroatoms. The molecular weight excluding hydrogens is 484 g/mol. The summed E-state index contributed by atoms with van der Waals surface area (Å²) in [6.45, 7) is -0.169. The van der Waals surface area contributed by atoms with E-state index in [2.05, 4.69) is 25.7 Å². The fourth-order valence-electron chi connectivity index (χ4n) is 3.53. The first kappa shape index (κ1) is 26.7. The Kier molecular flexibility index (Phi) is 8.76. The highest BCUT2D eigenvalue weighted by Gasteiger charge is 2.22. The number of amides is 3. The number of pyridine rings is 1. The van der Waals surface area contributed by atoms with Crippen LogP contribution in [0.1, 0.15) is 18.7 Å². The minimum atomic E-state index is -1.25. The predicted octanol–water partition coefficient (Wildman–Crippen LogP) is 1.52. The van der Waals surface area contributed by atoms with Gasteiger partial charge in [0.05, 0.1) is 24.7 Å². The van der Waals surface area contributed by atoms with Crippen molar-refractivity contribution < 1.29 is 29.0 Å². The zero-order valence-electron chi connectivity index (χ0n) is 20.1. The molecular formula is C24H26N6O7. The van der Waals surface area contributed by atoms with Gasteiger partial charge in [0.2, 0.25) is 11.8 Å². The second-order valence-corrected chi connectivity index (χ2v) is 7.76. The van der Waals surface area contributed by atoms with Crippen molar-refractivity contribution in [1.82, 2.24) is 24.8 Å². The number of benzene rings is 1. The zero-order valence-corrected chi connectivity index (χ0v) is 20.1. The number of nitrogens with one attached hydrogen (secondary N) is 3. The molecule has 3 rings (SSSR count). The van der Waals surface area contributed by atoms with E-state index in [9.17, 15) is 29.1 Å². The Hall–Kier alpha value is -4.94. The average Bonchev–Trinajstić information content (AvgIpc) is 3.25. The van der Waals surface area contributed by atoms with Crippen LogP contribution in [0, 0.1) is 0 Å². The normalized spacial score (nSPS) is 11.7. The number of imidazole rings is 1. The molecule has 13 nitrogen and oxygen atoms in total. The van der Waals surface area contributed by atoms with E-state index in [-0.39, 0.29) is 36.8 Å². The van der Waals surface area contributed by atoms with Crippen LogP contribution in [-0.4, -0.2) is 63.4 Å². The lowest BCUT2D eigenvalue weighted by atomic mass is 10.1. The van der Waals surface area contributed by atoms with Crippen LogP contribution in [0.25, 0.3) is 11.0 Å². The number of para-hydroxylation sites is 2. The molecule has 0 radical (unpaired) electrons. The van der Waals surface area contributed by atoms with Crippen LogP contribution >= 0.6 is 0 Å². The van der Waals surface area contributed by atoms with Gasteiger partial charge < -0.3 is 30.4 Å². The summed E-state index contributed by atoms with van der Waals surface area (Å²) in [6.07, 6.45) is 2.60. The number of anilines is 1. The maximum Gasteiger partial charge on any atom is 0.417 e. The molecule has 3 aromatic rings. The van der Waals surface area contributed by atoms with Crippen LogP contribution in [-0.2, 0) is 20.9 Å². The number of fused-ring (bicyclic) bond motifs is 1. The van der Waals surface area contributed by atoms with Gasteiger partial charge in [-0.3, -0.25) is 14.4 Å². The van der Waals surface area contributed by atoms with E-state index < -0.39 is 29.7 Å². The van der Waals surface area contributed by atoms with Crippen LogP contribution < -0.4 is 21.5 Å². The van der Waals surface area contributed by atoms with Crippen molar-refractivity contribution in [1.29, 1.82) is 0 Å². The Labute approximate surface area is 210 Å². The van der Waals surface area contributed by atoms with E-state index in [1.54, 1.807) is 30.3 Å². The molecule has 0 saturated carbocycles. The van der Waals surface area contributed by atoms with Crippen molar-refractivity contribution in [2.24, 2.45) is 0 Å². The molecule has 3 amide bonds. The first-order valence-corrected chi connectivity index (χ1v) is 11.2. The molecule has 0 aliphatic rings. The summed E-state index contributed by atoms with van der Waals surface area (Å²) in [5.41, 5.74) is 0.156. The largest absolute Gasteiger partial charge is 0.464 e. The molecule has 2 heterocycles. The topological polar surface area (TPSA) is 174 Å². The van der Waals surface area contributed by atoms with Crippen molar-refractivity contribution in [2.45, 2.75) is 25.4 Å². The van der Waals surface area contributed by atoms with Gasteiger partial charge in [0, 0.05) is 13.2 Å². The number of aromatic nitrogens is 3. The van der Waals surface area contributed by atoms with Crippen LogP contribution in [0.4, 0.5) is 15.3 Å². The molecule has 0 saturated heterocycles. The number of carbonyl (C=O) groups excluding carboxylic acids is 3. The molecule has 2 aromatic heterocycles. The minimum Gasteiger partial charge on any atom is -0.464 e. The number of methoxy groups -OCH3 is 1. The smallest absolute Gasteiger partial charge is 0.417 e. The fourth-order valence-corrected chi connectivity index (χ4v) is 3.53. The Morgan fingerprint density at radius 2 is 1.92 bits per heavy atom. The number of allylic oxidation sites excluding steroid dienone is 1. The van der Waals surface area contributed by atoms with Crippen molar-refractivity contribution >= 4 is 40.7 Å². The molecule has 4 N–H and O–H groups in total. The highest BCUT2D eigenvalue weighted by molar-refractivity contribution is 5.96. The third kappa shape index (κ3) is 6.60. The van der Waals surface area contributed by atoms with Gasteiger partial charge in [-0.15, -0.1) is 0 Å². The van der Waals surface area contributed by atoms with Gasteiger partial charge in [0.15, 0.2) is 0 Å². The average molecular weight is 511 g/mol. The number of rotatable bonds is 9. The van der Waals surface area contributed by atoms with Gasteiger partial charge in [-0.25, -0.2) is 19.1 Å². The summed E-state index contributed by atoms with van der Waals surface area (Å²) in [4.78, 5) is 65.2. The molecule has 1 atom stereocenters. The second kappa shape index (κ2) is 12.2. The van der Waals surface area contributed by atoms with E-state index in [0.717, 1.165) is 11.7 Å². The third-order valence-corrected chi connectivity index (χ3v) is 5.34. The standard InChI is InChI=1S/C24H26N6O7/c1-25-20(31)12-6-4-9-16(28-23(34)37-2)21(32)27-17-10-7-13-29(22(17)33)14-19-26-15-8-3-5-11-18(15)30(19)24(35)36/h3,5-8,10-13,16H,4,9,14H2,1-2H3,(H,25,31)(H,27,32)(H,28,34)(H,35,36)/b12-6+. The van der Waals surface area contributed by atoms with E-state index >= 15 is 0 Å². The van der Waals surface area contributed by atoms with E-state index in [1.165, 1.54) is 36.0 Å². The van der Waals surface area contributed by atoms with Gasteiger partial charge in [-0.05, 0) is 43.2 Å². The van der Waals surface area contributed by atoms with Crippen molar-refractivity contribution in [2.75, 3.05) is 19.5 Å². The van der Waals surface area contributed by atoms with Crippen molar-refractivity contribution in [3.63, 3.8) is 0 Å². The molecule has 37 heavy (non-hydrogen) atoms. The number of hydrogen-bond donors (Lipinski definition) is 4. The highest BCUT2D eigenvalue weighted by Crippen LogP contribution is 2.16. The monoisotopic (exact) mass is 510 g/mol. The van der Waals surface area contributed by atoms with Crippen LogP contribution in [0.3, 0.4) is 0 Å². The quantitative estimate of drug-likeness (QED) is 0.314. The molecule has 1 unspecified atom stereocenters. The number of carbonyl (C=O) groups is 4. The Balaban J connectivity index is 1.81. The van der Waals surface area contributed by atoms with E-state index in [0.29, 0.717) is 11.0 Å². The first-order valence-electron chi connectivity index (χ1n) is 11.2. The molecule has 0 spiro atoms. The Bertz CT molecular complexity index is 1410. The van der Waals surface area contributed by atoms with Gasteiger partial charge in [0.25, 0.3) is 5.56 Å². The van der Waals surface area contributed by atoms with Crippen LogP contribution in [0.2, 0.25) is 0 Å². The lowest BCUT2D eigenvalue weighted by Gasteiger charge is -2.17. The second-order valence-electron chi connectivity index (χ2n) is 7.76. The van der Waals surface area contributed by atoms with Crippen LogP contribution in [0.15, 0.2) is 59.5 Å². The summed E-state index contributed by atoms with van der Waals surface area (Å²) >= 11 is 0. The van der Waals surface area contributed by atoms with Crippen LogP contribution in [0.5, 0.6) is 0 Å². The number of carboxylic acid groups (broad SMARTS) is 1. The fraction of sp³-hybridized carbons (Fsp3) is 0.250. The molecule has 0 bridgehead atoms. The summed E-state index contributed by atoms with van der Waals surface area (Å²) in [5.74, 6) is -0.873. The molecule has 0 aliphatic carbocycles. The summed E-state index contributed by atoms with van der Waals surface area (Å²) in [7, 11) is 2.63. The maximum absolute atomic E-state index is 13.1. The Morgan fingerprint density at radius 3 is 2.62 bits per heavy atom.